The van der Waals surface area contributed by atoms with E-state index >= 15 is 0 Å². The second-order valence-electron chi connectivity index (χ2n) is 4.60. The Labute approximate surface area is 179 Å². The molecule has 0 saturated heterocycles. The van der Waals surface area contributed by atoms with E-state index in [4.69, 9.17) is 27.7 Å². The van der Waals surface area contributed by atoms with Crippen molar-refractivity contribution in [2.24, 2.45) is 0 Å². The van der Waals surface area contributed by atoms with Crippen LogP contribution in [0.2, 0.25) is 0 Å². The van der Waals surface area contributed by atoms with Crippen LogP contribution in [-0.2, 0) is 31.4 Å². The standard InChI is InChI=1S/C12H19O2P.C5H5N.Au.ClHO4/c1-3-5-11-14-15(13-4-2)12-9-7-6-8-10-12;1-2-4-6-5-3-1;;2-1(3,4)5/h6-10H,3-5,11H2,1-2H3;1-5H;;(H,2,3,4,5)/q;;+1;/p-1. The molecule has 156 valence electrons. The summed E-state index contributed by atoms with van der Waals surface area (Å²) in [6, 6.07) is 15.9. The molecular weight excluding hydrogens is 578 g/mol. The maximum absolute atomic E-state index is 8.49. The number of benzene rings is 1. The molecule has 0 amide bonds. The fraction of sp³-hybridized carbons (Fsp3) is 0.353. The molecule has 2 rings (SSSR count). The van der Waals surface area contributed by atoms with Gasteiger partial charge in [-0.05, 0) is 37.6 Å². The summed E-state index contributed by atoms with van der Waals surface area (Å²) in [5.74, 6) is 0. The topological polar surface area (TPSA) is 124 Å². The molecule has 1 aromatic carbocycles. The van der Waals surface area contributed by atoms with Gasteiger partial charge in [0.05, 0.1) is 13.2 Å². The molecule has 0 aliphatic rings. The van der Waals surface area contributed by atoms with Gasteiger partial charge in [-0.3, -0.25) is 4.98 Å². The molecular formula is C17H24AuClNO6P. The number of hydrogen-bond donors (Lipinski definition) is 0. The van der Waals surface area contributed by atoms with Gasteiger partial charge in [0.1, 0.15) is 0 Å². The molecule has 0 saturated carbocycles. The number of aromatic nitrogens is 1. The normalized spacial score (nSPS) is 11.0. The van der Waals surface area contributed by atoms with Gasteiger partial charge in [0.25, 0.3) is 0 Å². The summed E-state index contributed by atoms with van der Waals surface area (Å²) < 4.78 is 45.3. The smallest absolute Gasteiger partial charge is 0.331 e. The van der Waals surface area contributed by atoms with E-state index in [-0.39, 0.29) is 22.4 Å². The predicted octanol–water partition coefficient (Wildman–Crippen LogP) is -0.200. The Morgan fingerprint density at radius 1 is 0.889 bits per heavy atom. The minimum absolute atomic E-state index is 0. The number of pyridine rings is 1. The minimum Gasteiger partial charge on any atom is -0.331 e. The first-order chi connectivity index (χ1) is 12.4. The van der Waals surface area contributed by atoms with Crippen molar-refractivity contribution in [3.8, 4) is 0 Å². The Bertz CT molecular complexity index is 503. The molecule has 1 heterocycles. The Kier molecular flexibility index (Phi) is 20.2. The Morgan fingerprint density at radius 2 is 1.41 bits per heavy atom. The van der Waals surface area contributed by atoms with E-state index in [0.717, 1.165) is 24.8 Å². The van der Waals surface area contributed by atoms with Gasteiger partial charge in [-0.25, -0.2) is 18.6 Å². The summed E-state index contributed by atoms with van der Waals surface area (Å²) in [5.41, 5.74) is 0. The van der Waals surface area contributed by atoms with Crippen LogP contribution in [0, 0.1) is 10.2 Å². The molecule has 2 aromatic rings. The zero-order valence-corrected chi connectivity index (χ0v) is 18.9. The summed E-state index contributed by atoms with van der Waals surface area (Å²) >= 11 is 0. The molecule has 0 aliphatic heterocycles. The van der Waals surface area contributed by atoms with Crippen LogP contribution in [0.15, 0.2) is 60.9 Å². The van der Waals surface area contributed by atoms with E-state index in [2.05, 4.69) is 24.0 Å². The second kappa shape index (κ2) is 18.9. The molecule has 0 N–H and O–H groups in total. The van der Waals surface area contributed by atoms with E-state index in [1.807, 2.05) is 43.3 Å². The zero-order chi connectivity index (χ0) is 19.7. The van der Waals surface area contributed by atoms with Gasteiger partial charge in [-0.1, -0.05) is 37.6 Å². The van der Waals surface area contributed by atoms with Gasteiger partial charge in [-0.15, -0.1) is 10.2 Å². The molecule has 1 unspecified atom stereocenters. The van der Waals surface area contributed by atoms with E-state index < -0.39 is 18.6 Å². The largest absolute Gasteiger partial charge is 1.00 e. The number of nitrogens with zero attached hydrogens (tertiary/aromatic N) is 1. The maximum Gasteiger partial charge on any atom is 1.00 e. The summed E-state index contributed by atoms with van der Waals surface area (Å²) in [5, 5.41) is 1.16. The molecule has 10 heteroatoms. The van der Waals surface area contributed by atoms with Crippen LogP contribution in [-0.4, -0.2) is 18.2 Å². The van der Waals surface area contributed by atoms with Crippen molar-refractivity contribution in [2.75, 3.05) is 13.2 Å². The molecule has 7 nitrogen and oxygen atoms in total. The molecule has 1 aromatic heterocycles. The number of halogens is 1. The molecule has 0 spiro atoms. The van der Waals surface area contributed by atoms with Crippen molar-refractivity contribution in [3.63, 3.8) is 0 Å². The van der Waals surface area contributed by atoms with E-state index in [1.165, 1.54) is 0 Å². The monoisotopic (exact) mass is 601 g/mol. The van der Waals surface area contributed by atoms with Crippen molar-refractivity contribution in [1.29, 1.82) is 0 Å². The molecule has 0 fully saturated rings. The predicted molar refractivity (Wildman–Crippen MR) is 89.7 cm³/mol. The van der Waals surface area contributed by atoms with Gasteiger partial charge in [0.15, 0.2) is 0 Å². The first-order valence-corrected chi connectivity index (χ1v) is 10.4. The summed E-state index contributed by atoms with van der Waals surface area (Å²) in [4.78, 5) is 3.78. The van der Waals surface area contributed by atoms with Crippen LogP contribution in [0.25, 0.3) is 0 Å². The summed E-state index contributed by atoms with van der Waals surface area (Å²) in [6.07, 6.45) is 5.75. The van der Waals surface area contributed by atoms with Gasteiger partial charge >= 0.3 is 22.4 Å². The number of hydrogen-bond acceptors (Lipinski definition) is 7. The van der Waals surface area contributed by atoms with Crippen LogP contribution < -0.4 is 23.9 Å². The Morgan fingerprint density at radius 3 is 1.78 bits per heavy atom. The van der Waals surface area contributed by atoms with Crippen LogP contribution >= 0.6 is 8.38 Å². The third-order valence-electron chi connectivity index (χ3n) is 2.49. The molecule has 0 aliphatic carbocycles. The molecule has 0 bridgehead atoms. The molecule has 1 atom stereocenters. The molecule has 0 radical (unpaired) electrons. The third kappa shape index (κ3) is 21.7. The fourth-order valence-electron chi connectivity index (χ4n) is 1.46. The first kappa shape index (κ1) is 28.8. The second-order valence-corrected chi connectivity index (χ2v) is 6.90. The third-order valence-corrected chi connectivity index (χ3v) is 4.12. The minimum atomic E-state index is -4.94. The van der Waals surface area contributed by atoms with Crippen molar-refractivity contribution in [2.45, 2.75) is 26.7 Å². The van der Waals surface area contributed by atoms with Crippen LogP contribution in [0.4, 0.5) is 0 Å². The summed E-state index contributed by atoms with van der Waals surface area (Å²) in [7, 11) is -5.81. The average molecular weight is 602 g/mol. The maximum atomic E-state index is 8.49. The Hall–Kier alpha value is -0.410. The van der Waals surface area contributed by atoms with Crippen molar-refractivity contribution >= 4 is 13.7 Å². The Balaban J connectivity index is 0. The number of rotatable bonds is 7. The van der Waals surface area contributed by atoms with Gasteiger partial charge < -0.3 is 9.05 Å². The van der Waals surface area contributed by atoms with Crippen molar-refractivity contribution < 1.29 is 60.3 Å². The van der Waals surface area contributed by atoms with E-state index in [0.29, 0.717) is 6.61 Å². The zero-order valence-electron chi connectivity index (χ0n) is 15.1. The SMILES string of the molecule is CCCCOP(OCC)c1ccccc1.[Au+].[O-][Cl+3]([O-])([O-])[O-].c1ccncc1. The van der Waals surface area contributed by atoms with Crippen LogP contribution in [0.5, 0.6) is 0 Å². The van der Waals surface area contributed by atoms with Crippen molar-refractivity contribution in [3.05, 3.63) is 60.9 Å². The van der Waals surface area contributed by atoms with E-state index in [1.54, 1.807) is 12.4 Å². The van der Waals surface area contributed by atoms with Crippen LogP contribution in [0.1, 0.15) is 26.7 Å². The average Bonchev–Trinajstić information content (AvgIpc) is 2.62. The van der Waals surface area contributed by atoms with Crippen molar-refractivity contribution in [1.82, 2.24) is 4.98 Å². The van der Waals surface area contributed by atoms with Crippen LogP contribution in [0.3, 0.4) is 0 Å². The summed E-state index contributed by atoms with van der Waals surface area (Å²) in [6.45, 7) is 5.65. The van der Waals surface area contributed by atoms with Gasteiger partial charge in [0.2, 0.25) is 8.38 Å². The van der Waals surface area contributed by atoms with Gasteiger partial charge in [0, 0.05) is 17.7 Å². The quantitative estimate of drug-likeness (QED) is 0.245. The van der Waals surface area contributed by atoms with E-state index in [9.17, 15) is 0 Å². The van der Waals surface area contributed by atoms with Gasteiger partial charge in [-0.2, -0.15) is 0 Å². The number of unbranched alkanes of at least 4 members (excludes halogenated alkanes) is 1. The molecule has 27 heavy (non-hydrogen) atoms. The first-order valence-electron chi connectivity index (χ1n) is 7.96. The fourth-order valence-corrected chi connectivity index (χ4v) is 2.78.